The zero-order valence-corrected chi connectivity index (χ0v) is 18.3. The van der Waals surface area contributed by atoms with Crippen molar-refractivity contribution < 1.29 is 9.18 Å². The fraction of sp³-hybridized carbons (Fsp3) is 0.0909. The van der Waals surface area contributed by atoms with E-state index in [-0.39, 0.29) is 18.1 Å². The third kappa shape index (κ3) is 4.41. The van der Waals surface area contributed by atoms with Crippen LogP contribution in [-0.4, -0.2) is 40.5 Å². The Morgan fingerprint density at radius 1 is 0.882 bits per heavy atom. The van der Waals surface area contributed by atoms with E-state index >= 15 is 0 Å². The standard InChI is InChI=1S/C22H17ClFN9O/c23-17-6-5-15(8-18(17)24)32-20(28-12-30-32)10-26-22(34)27-11-21-29-13-31-33(21)16-4-3-14-2-1-7-25-19(14)9-16/h1-9,12-13H,10-11H2,(H2,26,27,34). The van der Waals surface area contributed by atoms with Gasteiger partial charge in [0.15, 0.2) is 11.6 Å². The summed E-state index contributed by atoms with van der Waals surface area (Å²) in [4.78, 5) is 25.1. The number of nitrogens with one attached hydrogen (secondary N) is 2. The monoisotopic (exact) mass is 477 g/mol. The van der Waals surface area contributed by atoms with E-state index in [1.807, 2.05) is 30.3 Å². The summed E-state index contributed by atoms with van der Waals surface area (Å²) in [6, 6.07) is 13.5. The lowest BCUT2D eigenvalue weighted by molar-refractivity contribution is 0.239. The highest BCUT2D eigenvalue weighted by atomic mass is 35.5. The highest BCUT2D eigenvalue weighted by Gasteiger charge is 2.12. The van der Waals surface area contributed by atoms with Crippen molar-refractivity contribution in [2.75, 3.05) is 0 Å². The van der Waals surface area contributed by atoms with Gasteiger partial charge in [0.1, 0.15) is 18.5 Å². The maximum Gasteiger partial charge on any atom is 0.315 e. The molecular formula is C22H17ClFN9O. The van der Waals surface area contributed by atoms with Crippen molar-refractivity contribution in [3.63, 3.8) is 0 Å². The van der Waals surface area contributed by atoms with Gasteiger partial charge in [-0.15, -0.1) is 0 Å². The molecule has 12 heteroatoms. The van der Waals surface area contributed by atoms with Gasteiger partial charge in [0.05, 0.1) is 35.0 Å². The highest BCUT2D eigenvalue weighted by molar-refractivity contribution is 6.30. The van der Waals surface area contributed by atoms with Crippen molar-refractivity contribution in [1.29, 1.82) is 0 Å². The van der Waals surface area contributed by atoms with Crippen LogP contribution in [0.15, 0.2) is 67.4 Å². The number of carbonyl (C=O) groups is 1. The molecule has 3 heterocycles. The van der Waals surface area contributed by atoms with E-state index in [1.165, 1.54) is 29.5 Å². The number of pyridine rings is 1. The quantitative estimate of drug-likeness (QED) is 0.388. The van der Waals surface area contributed by atoms with Crippen LogP contribution in [-0.2, 0) is 13.1 Å². The van der Waals surface area contributed by atoms with Gasteiger partial charge in [-0.1, -0.05) is 23.7 Å². The molecule has 0 aliphatic rings. The first-order valence-electron chi connectivity index (χ1n) is 10.2. The average Bonchev–Trinajstić information content (AvgIpc) is 3.52. The number of benzene rings is 2. The third-order valence-electron chi connectivity index (χ3n) is 5.03. The Morgan fingerprint density at radius 3 is 2.21 bits per heavy atom. The molecule has 34 heavy (non-hydrogen) atoms. The summed E-state index contributed by atoms with van der Waals surface area (Å²) in [6.07, 6.45) is 4.47. The Hall–Kier alpha value is -4.38. The molecule has 0 fully saturated rings. The van der Waals surface area contributed by atoms with Gasteiger partial charge < -0.3 is 10.6 Å². The lowest BCUT2D eigenvalue weighted by Gasteiger charge is -2.10. The van der Waals surface area contributed by atoms with Gasteiger partial charge in [0.25, 0.3) is 0 Å². The van der Waals surface area contributed by atoms with Gasteiger partial charge in [-0.3, -0.25) is 4.98 Å². The lowest BCUT2D eigenvalue weighted by Crippen LogP contribution is -2.36. The topological polar surface area (TPSA) is 115 Å². The maximum atomic E-state index is 13.8. The molecule has 5 rings (SSSR count). The molecule has 0 atom stereocenters. The molecule has 0 bridgehead atoms. The Bertz CT molecular complexity index is 1480. The van der Waals surface area contributed by atoms with E-state index in [2.05, 4.69) is 35.8 Å². The number of aromatic nitrogens is 7. The van der Waals surface area contributed by atoms with Crippen molar-refractivity contribution in [3.8, 4) is 11.4 Å². The number of amides is 2. The van der Waals surface area contributed by atoms with Crippen LogP contribution in [0.5, 0.6) is 0 Å². The Labute approximate surface area is 197 Å². The Balaban J connectivity index is 1.22. The van der Waals surface area contributed by atoms with Crippen LogP contribution in [0.3, 0.4) is 0 Å². The summed E-state index contributed by atoms with van der Waals surface area (Å²) in [7, 11) is 0. The van der Waals surface area contributed by atoms with Crippen LogP contribution in [0.4, 0.5) is 9.18 Å². The number of urea groups is 1. The van der Waals surface area contributed by atoms with E-state index in [4.69, 9.17) is 11.6 Å². The number of fused-ring (bicyclic) bond motifs is 1. The van der Waals surface area contributed by atoms with Gasteiger partial charge in [0.2, 0.25) is 0 Å². The van der Waals surface area contributed by atoms with Crippen LogP contribution in [0.25, 0.3) is 22.3 Å². The van der Waals surface area contributed by atoms with E-state index in [0.29, 0.717) is 17.3 Å². The minimum Gasteiger partial charge on any atom is -0.331 e. The van der Waals surface area contributed by atoms with Crippen LogP contribution >= 0.6 is 11.6 Å². The predicted molar refractivity (Wildman–Crippen MR) is 122 cm³/mol. The van der Waals surface area contributed by atoms with Gasteiger partial charge in [0, 0.05) is 17.6 Å². The lowest BCUT2D eigenvalue weighted by atomic mass is 10.2. The number of hydrogen-bond donors (Lipinski definition) is 2. The fourth-order valence-electron chi connectivity index (χ4n) is 3.39. The molecule has 0 unspecified atom stereocenters. The molecule has 5 aromatic rings. The van der Waals surface area contributed by atoms with Gasteiger partial charge in [-0.05, 0) is 30.3 Å². The van der Waals surface area contributed by atoms with Crippen molar-refractivity contribution in [3.05, 3.63) is 89.9 Å². The number of carbonyl (C=O) groups excluding carboxylic acids is 1. The molecule has 0 radical (unpaired) electrons. The summed E-state index contributed by atoms with van der Waals surface area (Å²) >= 11 is 5.74. The Kier molecular flexibility index (Phi) is 5.83. The predicted octanol–water partition coefficient (Wildman–Crippen LogP) is 3.19. The second-order valence-electron chi connectivity index (χ2n) is 7.19. The van der Waals surface area contributed by atoms with Crippen LogP contribution < -0.4 is 10.6 Å². The number of nitrogens with zero attached hydrogens (tertiary/aromatic N) is 7. The third-order valence-corrected chi connectivity index (χ3v) is 5.34. The molecule has 2 aromatic carbocycles. The smallest absolute Gasteiger partial charge is 0.315 e. The van der Waals surface area contributed by atoms with Crippen molar-refractivity contribution in [2.45, 2.75) is 13.1 Å². The molecular weight excluding hydrogens is 461 g/mol. The molecule has 2 amide bonds. The minimum atomic E-state index is -0.572. The second-order valence-corrected chi connectivity index (χ2v) is 7.60. The number of rotatable bonds is 6. The van der Waals surface area contributed by atoms with Crippen LogP contribution in [0.1, 0.15) is 11.6 Å². The number of halogens is 2. The first kappa shape index (κ1) is 21.5. The first-order chi connectivity index (χ1) is 16.6. The molecule has 0 saturated heterocycles. The van der Waals surface area contributed by atoms with Gasteiger partial charge in [-0.2, -0.15) is 10.2 Å². The summed E-state index contributed by atoms with van der Waals surface area (Å²) in [5, 5.41) is 14.8. The highest BCUT2D eigenvalue weighted by Crippen LogP contribution is 2.19. The zero-order valence-electron chi connectivity index (χ0n) is 17.6. The first-order valence-corrected chi connectivity index (χ1v) is 10.6. The normalized spacial score (nSPS) is 11.0. The fourth-order valence-corrected chi connectivity index (χ4v) is 3.51. The SMILES string of the molecule is O=C(NCc1ncnn1-c1ccc(Cl)c(F)c1)NCc1ncnn1-c1ccc2cccnc2c1. The van der Waals surface area contributed by atoms with Crippen LogP contribution in [0.2, 0.25) is 5.02 Å². The molecule has 10 nitrogen and oxygen atoms in total. The van der Waals surface area contributed by atoms with Gasteiger partial charge in [-0.25, -0.2) is 28.5 Å². The summed E-state index contributed by atoms with van der Waals surface area (Å²) in [5.74, 6) is 0.395. The minimum absolute atomic E-state index is 0.00993. The molecule has 0 saturated carbocycles. The average molecular weight is 478 g/mol. The molecule has 3 aromatic heterocycles. The van der Waals surface area contributed by atoms with E-state index in [9.17, 15) is 9.18 Å². The van der Waals surface area contributed by atoms with E-state index in [1.54, 1.807) is 16.9 Å². The van der Waals surface area contributed by atoms with E-state index < -0.39 is 11.8 Å². The number of hydrogen-bond acceptors (Lipinski definition) is 6. The second kappa shape index (κ2) is 9.24. The summed E-state index contributed by atoms with van der Waals surface area (Å²) < 4.78 is 16.9. The molecule has 0 aliphatic heterocycles. The Morgan fingerprint density at radius 2 is 1.53 bits per heavy atom. The summed E-state index contributed by atoms with van der Waals surface area (Å²) in [6.45, 7) is 0.209. The van der Waals surface area contributed by atoms with Crippen molar-refractivity contribution >= 4 is 28.5 Å². The van der Waals surface area contributed by atoms with Crippen LogP contribution in [0, 0.1) is 5.82 Å². The molecule has 170 valence electrons. The largest absolute Gasteiger partial charge is 0.331 e. The zero-order chi connectivity index (χ0) is 23.5. The van der Waals surface area contributed by atoms with Gasteiger partial charge >= 0.3 is 6.03 Å². The molecule has 0 spiro atoms. The van der Waals surface area contributed by atoms with Crippen molar-refractivity contribution in [2.24, 2.45) is 0 Å². The summed E-state index contributed by atoms with van der Waals surface area (Å²) in [5.41, 5.74) is 2.05. The van der Waals surface area contributed by atoms with Crippen molar-refractivity contribution in [1.82, 2.24) is 45.1 Å². The molecule has 2 N–H and O–H groups in total. The maximum absolute atomic E-state index is 13.8. The van der Waals surface area contributed by atoms with E-state index in [0.717, 1.165) is 16.6 Å². The molecule has 0 aliphatic carbocycles.